The lowest BCUT2D eigenvalue weighted by molar-refractivity contribution is -0.107. The minimum Gasteiger partial charge on any atom is -0.303 e. The molecule has 11 heavy (non-hydrogen) atoms. The summed E-state index contributed by atoms with van der Waals surface area (Å²) in [6, 6.07) is 7.74. The van der Waals surface area contributed by atoms with Gasteiger partial charge in [0.2, 0.25) is 0 Å². The molecule has 0 saturated carbocycles. The van der Waals surface area contributed by atoms with E-state index in [0.717, 1.165) is 17.4 Å². The minimum atomic E-state index is 0.474. The fraction of sp³-hybridized carbons (Fsp3) is 0.100. The number of hydrogen-bond donors (Lipinski definition) is 0. The first kappa shape index (κ1) is 7.73. The topological polar surface area (TPSA) is 17.1 Å². The molecule has 0 unspecified atom stereocenters. The second kappa shape index (κ2) is 3.71. The molecule has 0 radical (unpaired) electrons. The van der Waals surface area contributed by atoms with Crippen molar-refractivity contribution in [1.29, 1.82) is 0 Å². The Morgan fingerprint density at radius 1 is 1.36 bits per heavy atom. The van der Waals surface area contributed by atoms with E-state index in [-0.39, 0.29) is 0 Å². The quantitative estimate of drug-likeness (QED) is 0.596. The zero-order chi connectivity index (χ0) is 8.10. The first-order valence-electron chi connectivity index (χ1n) is 3.52. The van der Waals surface area contributed by atoms with Gasteiger partial charge in [0.05, 0.1) is 0 Å². The molecule has 0 saturated heterocycles. The summed E-state index contributed by atoms with van der Waals surface area (Å²) in [4.78, 5) is 10.2. The molecule has 0 N–H and O–H groups in total. The van der Waals surface area contributed by atoms with E-state index in [4.69, 9.17) is 0 Å². The Balaban J connectivity index is 3.01. The van der Waals surface area contributed by atoms with Crippen LogP contribution in [-0.2, 0) is 11.2 Å². The summed E-state index contributed by atoms with van der Waals surface area (Å²) in [5.74, 6) is 0. The van der Waals surface area contributed by atoms with E-state index < -0.39 is 0 Å². The summed E-state index contributed by atoms with van der Waals surface area (Å²) in [7, 11) is 0. The molecule has 0 fully saturated rings. The van der Waals surface area contributed by atoms with Crippen molar-refractivity contribution in [2.45, 2.75) is 6.42 Å². The Bertz CT molecular complexity index is 263. The largest absolute Gasteiger partial charge is 0.303 e. The van der Waals surface area contributed by atoms with Crippen molar-refractivity contribution < 1.29 is 4.79 Å². The molecule has 0 aromatic heterocycles. The van der Waals surface area contributed by atoms with Crippen LogP contribution in [0.1, 0.15) is 11.1 Å². The molecule has 0 aliphatic carbocycles. The number of aldehydes is 1. The van der Waals surface area contributed by atoms with Gasteiger partial charge in [0, 0.05) is 6.42 Å². The predicted octanol–water partition coefficient (Wildman–Crippen LogP) is 2.07. The molecule has 1 heteroatoms. The highest BCUT2D eigenvalue weighted by molar-refractivity contribution is 5.61. The summed E-state index contributed by atoms with van der Waals surface area (Å²) in [6.07, 6.45) is 3.14. The van der Waals surface area contributed by atoms with Crippen LogP contribution in [0.25, 0.3) is 6.08 Å². The summed E-state index contributed by atoms with van der Waals surface area (Å²) in [6.45, 7) is 3.66. The van der Waals surface area contributed by atoms with Gasteiger partial charge in [-0.1, -0.05) is 36.9 Å². The van der Waals surface area contributed by atoms with Gasteiger partial charge in [-0.15, -0.1) is 0 Å². The number of benzene rings is 1. The normalized spacial score (nSPS) is 9.09. The third-order valence-electron chi connectivity index (χ3n) is 1.58. The number of rotatable bonds is 3. The van der Waals surface area contributed by atoms with E-state index in [9.17, 15) is 4.79 Å². The van der Waals surface area contributed by atoms with Crippen molar-refractivity contribution >= 4 is 12.4 Å². The van der Waals surface area contributed by atoms with Gasteiger partial charge in [-0.05, 0) is 11.1 Å². The lowest BCUT2D eigenvalue weighted by Crippen LogP contribution is -1.88. The van der Waals surface area contributed by atoms with E-state index >= 15 is 0 Å². The average Bonchev–Trinajstić information content (AvgIpc) is 2.06. The molecule has 0 atom stereocenters. The summed E-state index contributed by atoms with van der Waals surface area (Å²) in [5, 5.41) is 0. The van der Waals surface area contributed by atoms with E-state index in [1.54, 1.807) is 6.08 Å². The fourth-order valence-electron chi connectivity index (χ4n) is 1.01. The second-order valence-electron chi connectivity index (χ2n) is 2.27. The van der Waals surface area contributed by atoms with Crippen molar-refractivity contribution in [2.75, 3.05) is 0 Å². The summed E-state index contributed by atoms with van der Waals surface area (Å²) >= 11 is 0. The Kier molecular flexibility index (Phi) is 2.61. The van der Waals surface area contributed by atoms with Crippen molar-refractivity contribution in [2.24, 2.45) is 0 Å². The smallest absolute Gasteiger partial charge is 0.124 e. The van der Waals surface area contributed by atoms with Gasteiger partial charge in [-0.3, -0.25) is 0 Å². The van der Waals surface area contributed by atoms with Gasteiger partial charge >= 0.3 is 0 Å². The average molecular weight is 146 g/mol. The Morgan fingerprint density at radius 2 is 2.09 bits per heavy atom. The Hall–Kier alpha value is -1.37. The summed E-state index contributed by atoms with van der Waals surface area (Å²) in [5.41, 5.74) is 2.08. The number of carbonyl (C=O) groups excluding carboxylic acids is 1. The highest BCUT2D eigenvalue weighted by Crippen LogP contribution is 2.09. The molecule has 0 heterocycles. The molecule has 0 aliphatic heterocycles. The standard InChI is InChI=1S/C10H10O/c1-2-9-5-3-4-6-10(9)7-8-11/h2-6,8H,1,7H2. The van der Waals surface area contributed by atoms with Gasteiger partial charge < -0.3 is 4.79 Å². The van der Waals surface area contributed by atoms with Crippen molar-refractivity contribution in [3.8, 4) is 0 Å². The zero-order valence-corrected chi connectivity index (χ0v) is 6.29. The van der Waals surface area contributed by atoms with E-state index in [1.807, 2.05) is 24.3 Å². The van der Waals surface area contributed by atoms with Crippen LogP contribution in [0, 0.1) is 0 Å². The third kappa shape index (κ3) is 1.77. The zero-order valence-electron chi connectivity index (χ0n) is 6.29. The molecule has 0 amide bonds. The number of hydrogen-bond acceptors (Lipinski definition) is 1. The first-order chi connectivity index (χ1) is 5.38. The van der Waals surface area contributed by atoms with Gasteiger partial charge in [-0.25, -0.2) is 0 Å². The molecular weight excluding hydrogens is 136 g/mol. The van der Waals surface area contributed by atoms with Gasteiger partial charge in [-0.2, -0.15) is 0 Å². The van der Waals surface area contributed by atoms with Crippen LogP contribution in [0.15, 0.2) is 30.8 Å². The van der Waals surface area contributed by atoms with Gasteiger partial charge in [0.25, 0.3) is 0 Å². The predicted molar refractivity (Wildman–Crippen MR) is 46.3 cm³/mol. The van der Waals surface area contributed by atoms with Crippen molar-refractivity contribution in [1.82, 2.24) is 0 Å². The van der Waals surface area contributed by atoms with Crippen LogP contribution in [0.5, 0.6) is 0 Å². The molecule has 1 nitrogen and oxygen atoms in total. The monoisotopic (exact) mass is 146 g/mol. The maximum atomic E-state index is 10.2. The van der Waals surface area contributed by atoms with Crippen LogP contribution in [-0.4, -0.2) is 6.29 Å². The first-order valence-corrected chi connectivity index (χ1v) is 3.52. The highest BCUT2D eigenvalue weighted by atomic mass is 16.1. The summed E-state index contributed by atoms with van der Waals surface area (Å²) < 4.78 is 0. The van der Waals surface area contributed by atoms with Gasteiger partial charge in [0.1, 0.15) is 6.29 Å². The molecule has 1 aromatic carbocycles. The SMILES string of the molecule is C=Cc1ccccc1CC=O. The van der Waals surface area contributed by atoms with Gasteiger partial charge in [0.15, 0.2) is 0 Å². The maximum Gasteiger partial charge on any atom is 0.124 e. The maximum absolute atomic E-state index is 10.2. The lowest BCUT2D eigenvalue weighted by atomic mass is 10.1. The Labute approximate surface area is 66.4 Å². The lowest BCUT2D eigenvalue weighted by Gasteiger charge is -1.99. The molecule has 56 valence electrons. The highest BCUT2D eigenvalue weighted by Gasteiger charge is 1.94. The van der Waals surface area contributed by atoms with Crippen LogP contribution in [0.3, 0.4) is 0 Å². The van der Waals surface area contributed by atoms with Crippen LogP contribution in [0.4, 0.5) is 0 Å². The minimum absolute atomic E-state index is 0.474. The third-order valence-corrected chi connectivity index (χ3v) is 1.58. The molecule has 0 bridgehead atoms. The fourth-order valence-corrected chi connectivity index (χ4v) is 1.01. The van der Waals surface area contributed by atoms with Crippen LogP contribution in [0.2, 0.25) is 0 Å². The van der Waals surface area contributed by atoms with Crippen molar-refractivity contribution in [3.05, 3.63) is 42.0 Å². The van der Waals surface area contributed by atoms with Crippen molar-refractivity contribution in [3.63, 3.8) is 0 Å². The van der Waals surface area contributed by atoms with E-state index in [2.05, 4.69) is 6.58 Å². The second-order valence-corrected chi connectivity index (χ2v) is 2.27. The molecular formula is C10H10O. The molecule has 1 aromatic rings. The van der Waals surface area contributed by atoms with E-state index in [1.165, 1.54) is 0 Å². The van der Waals surface area contributed by atoms with Crippen LogP contribution < -0.4 is 0 Å². The Morgan fingerprint density at radius 3 is 2.73 bits per heavy atom. The van der Waals surface area contributed by atoms with Crippen LogP contribution >= 0.6 is 0 Å². The number of carbonyl (C=O) groups is 1. The molecule has 0 aliphatic rings. The molecule has 1 rings (SSSR count). The molecule has 0 spiro atoms. The van der Waals surface area contributed by atoms with E-state index in [0.29, 0.717) is 6.42 Å².